The highest BCUT2D eigenvalue weighted by atomic mass is 32.1. The number of amides is 2. The van der Waals surface area contributed by atoms with Crippen LogP contribution in [0.2, 0.25) is 0 Å². The highest BCUT2D eigenvalue weighted by Crippen LogP contribution is 2.23. The molecule has 1 aromatic carbocycles. The number of anilines is 1. The second-order valence-electron chi connectivity index (χ2n) is 4.88. The molecule has 2 rings (SSSR count). The lowest BCUT2D eigenvalue weighted by molar-refractivity contribution is -0.120. The van der Waals surface area contributed by atoms with Gasteiger partial charge in [0, 0.05) is 12.6 Å². The highest BCUT2D eigenvalue weighted by Gasteiger charge is 2.19. The Morgan fingerprint density at radius 2 is 1.83 bits per heavy atom. The van der Waals surface area contributed by atoms with E-state index in [1.165, 1.54) is 18.3 Å². The first kappa shape index (κ1) is 19.6. The second kappa shape index (κ2) is 9.61. The van der Waals surface area contributed by atoms with Crippen LogP contribution in [0, 0.1) is 0 Å². The summed E-state index contributed by atoms with van der Waals surface area (Å²) in [7, 11) is 0. The summed E-state index contributed by atoms with van der Waals surface area (Å²) < 4.78 is 0. The molecule has 0 aliphatic rings. The molecule has 0 spiro atoms. The lowest BCUT2D eigenvalue weighted by atomic mass is 10.1. The van der Waals surface area contributed by atoms with E-state index in [-0.39, 0.29) is 18.4 Å². The van der Waals surface area contributed by atoms with Crippen molar-refractivity contribution in [1.82, 2.24) is 15.5 Å². The number of aromatic nitrogens is 2. The van der Waals surface area contributed by atoms with E-state index in [2.05, 4.69) is 15.5 Å². The largest absolute Gasteiger partial charge is 0.399 e. The zero-order chi connectivity index (χ0) is 18.1. The average Bonchev–Trinajstić information content (AvgIpc) is 2.98. The van der Waals surface area contributed by atoms with Crippen LogP contribution in [0.25, 0.3) is 0 Å². The lowest BCUT2D eigenvalue weighted by Gasteiger charge is -2.15. The quantitative estimate of drug-likeness (QED) is 0.683. The van der Waals surface area contributed by atoms with Crippen molar-refractivity contribution in [2.24, 2.45) is 5.73 Å². The number of nitrogens with two attached hydrogens (primary N) is 2. The minimum absolute atomic E-state index is 0.0479. The van der Waals surface area contributed by atoms with Gasteiger partial charge in [0.2, 0.25) is 11.8 Å². The molecule has 0 radical (unpaired) electrons. The second-order valence-corrected chi connectivity index (χ2v) is 5.97. The number of nitrogen functional groups attached to an aromatic ring is 1. The van der Waals surface area contributed by atoms with E-state index >= 15 is 0 Å². The fraction of sp³-hybridized carbons (Fsp3) is 0.375. The van der Waals surface area contributed by atoms with Gasteiger partial charge in [-0.2, -0.15) is 0 Å². The van der Waals surface area contributed by atoms with Crippen LogP contribution in [-0.2, 0) is 22.4 Å². The van der Waals surface area contributed by atoms with Gasteiger partial charge >= 0.3 is 0 Å². The number of benzene rings is 1. The SMILES string of the molecule is CC.CC(=O)NC(Cc1ccc(N)cc1)c1nnc(CC(N)=O)s1. The summed E-state index contributed by atoms with van der Waals surface area (Å²) in [6.45, 7) is 5.45. The van der Waals surface area contributed by atoms with Crippen LogP contribution in [0.4, 0.5) is 5.69 Å². The van der Waals surface area contributed by atoms with E-state index < -0.39 is 5.91 Å². The topological polar surface area (TPSA) is 124 Å². The maximum atomic E-state index is 11.4. The van der Waals surface area contributed by atoms with Crippen molar-refractivity contribution in [2.45, 2.75) is 39.7 Å². The van der Waals surface area contributed by atoms with Crippen LogP contribution in [-0.4, -0.2) is 22.0 Å². The molecule has 1 aromatic heterocycles. The van der Waals surface area contributed by atoms with Gasteiger partial charge in [0.1, 0.15) is 10.0 Å². The Morgan fingerprint density at radius 1 is 1.21 bits per heavy atom. The first-order chi connectivity index (χ1) is 11.4. The fourth-order valence-electron chi connectivity index (χ4n) is 1.96. The molecular formula is C16H23N5O2S. The molecule has 0 bridgehead atoms. The van der Waals surface area contributed by atoms with Gasteiger partial charge < -0.3 is 16.8 Å². The van der Waals surface area contributed by atoms with Crippen molar-refractivity contribution < 1.29 is 9.59 Å². The number of hydrogen-bond donors (Lipinski definition) is 3. The maximum absolute atomic E-state index is 11.4. The zero-order valence-corrected chi connectivity index (χ0v) is 14.9. The third-order valence-electron chi connectivity index (χ3n) is 2.90. The smallest absolute Gasteiger partial charge is 0.224 e. The molecule has 1 atom stereocenters. The molecule has 8 heteroatoms. The Labute approximate surface area is 145 Å². The van der Waals surface area contributed by atoms with Crippen LogP contribution in [0.3, 0.4) is 0 Å². The number of carbonyl (C=O) groups is 2. The van der Waals surface area contributed by atoms with Crippen molar-refractivity contribution in [3.63, 3.8) is 0 Å². The Bertz CT molecular complexity index is 669. The highest BCUT2D eigenvalue weighted by molar-refractivity contribution is 7.11. The van der Waals surface area contributed by atoms with Crippen LogP contribution < -0.4 is 16.8 Å². The number of rotatable bonds is 6. The zero-order valence-electron chi connectivity index (χ0n) is 14.1. The van der Waals surface area contributed by atoms with E-state index in [0.29, 0.717) is 22.1 Å². The first-order valence-electron chi connectivity index (χ1n) is 7.66. The van der Waals surface area contributed by atoms with E-state index in [4.69, 9.17) is 11.5 Å². The molecular weight excluding hydrogens is 326 g/mol. The number of nitrogens with one attached hydrogen (secondary N) is 1. The van der Waals surface area contributed by atoms with Crippen LogP contribution in [0.5, 0.6) is 0 Å². The van der Waals surface area contributed by atoms with Gasteiger partial charge in [-0.25, -0.2) is 0 Å². The summed E-state index contributed by atoms with van der Waals surface area (Å²) in [5.74, 6) is -0.621. The predicted molar refractivity (Wildman–Crippen MR) is 95.3 cm³/mol. The van der Waals surface area contributed by atoms with Gasteiger partial charge in [0.05, 0.1) is 12.5 Å². The predicted octanol–water partition coefficient (Wildman–Crippen LogP) is 1.59. The number of nitrogens with zero attached hydrogens (tertiary/aromatic N) is 2. The van der Waals surface area contributed by atoms with Crippen molar-refractivity contribution in [1.29, 1.82) is 0 Å². The minimum Gasteiger partial charge on any atom is -0.399 e. The number of primary amides is 1. The Kier molecular flexibility index (Phi) is 7.84. The van der Waals surface area contributed by atoms with Crippen molar-refractivity contribution in [2.75, 3.05) is 5.73 Å². The summed E-state index contributed by atoms with van der Waals surface area (Å²) in [6, 6.07) is 7.10. The van der Waals surface area contributed by atoms with E-state index in [9.17, 15) is 9.59 Å². The summed E-state index contributed by atoms with van der Waals surface area (Å²) in [5, 5.41) is 12.0. The van der Waals surface area contributed by atoms with E-state index in [1.54, 1.807) is 12.1 Å². The van der Waals surface area contributed by atoms with Gasteiger partial charge in [0.25, 0.3) is 0 Å². The molecule has 0 saturated carbocycles. The molecule has 1 heterocycles. The third-order valence-corrected chi connectivity index (χ3v) is 3.94. The van der Waals surface area contributed by atoms with Gasteiger partial charge in [-0.05, 0) is 24.1 Å². The van der Waals surface area contributed by atoms with Crippen molar-refractivity contribution in [3.8, 4) is 0 Å². The van der Waals surface area contributed by atoms with Gasteiger partial charge in [-0.3, -0.25) is 9.59 Å². The summed E-state index contributed by atoms with van der Waals surface area (Å²) >= 11 is 1.27. The Morgan fingerprint density at radius 3 is 2.38 bits per heavy atom. The van der Waals surface area contributed by atoms with E-state index in [0.717, 1.165) is 5.56 Å². The maximum Gasteiger partial charge on any atom is 0.224 e. The van der Waals surface area contributed by atoms with E-state index in [1.807, 2.05) is 26.0 Å². The molecule has 0 aliphatic carbocycles. The lowest BCUT2D eigenvalue weighted by Crippen LogP contribution is -2.27. The molecule has 0 fully saturated rings. The number of carbonyl (C=O) groups excluding carboxylic acids is 2. The molecule has 2 aromatic rings. The van der Waals surface area contributed by atoms with Crippen molar-refractivity contribution in [3.05, 3.63) is 39.8 Å². The monoisotopic (exact) mass is 349 g/mol. The third kappa shape index (κ3) is 6.33. The molecule has 0 saturated heterocycles. The standard InChI is InChI=1S/C14H17N5O2S.C2H6/c1-8(20)17-11(6-9-2-4-10(15)5-3-9)14-19-18-13(22-14)7-12(16)21;1-2/h2-5,11H,6-7,15H2,1H3,(H2,16,21)(H,17,20);1-2H3. The Hall–Kier alpha value is -2.48. The summed E-state index contributed by atoms with van der Waals surface area (Å²) in [6.07, 6.45) is 0.609. The molecule has 5 N–H and O–H groups in total. The molecule has 24 heavy (non-hydrogen) atoms. The van der Waals surface area contributed by atoms with Gasteiger partial charge in [0.15, 0.2) is 0 Å². The van der Waals surface area contributed by atoms with Crippen molar-refractivity contribution >= 4 is 28.8 Å². The Balaban J connectivity index is 0.00000139. The first-order valence-corrected chi connectivity index (χ1v) is 8.48. The normalized spacial score (nSPS) is 11.1. The molecule has 1 unspecified atom stereocenters. The average molecular weight is 349 g/mol. The fourth-order valence-corrected chi connectivity index (χ4v) is 2.87. The molecule has 2 amide bonds. The van der Waals surface area contributed by atoms with Crippen LogP contribution >= 0.6 is 11.3 Å². The minimum atomic E-state index is -0.461. The van der Waals surface area contributed by atoms with Crippen LogP contribution in [0.15, 0.2) is 24.3 Å². The van der Waals surface area contributed by atoms with Gasteiger partial charge in [-0.1, -0.05) is 37.3 Å². The summed E-state index contributed by atoms with van der Waals surface area (Å²) in [5.41, 5.74) is 12.5. The van der Waals surface area contributed by atoms with Crippen LogP contribution in [0.1, 0.15) is 42.4 Å². The summed E-state index contributed by atoms with van der Waals surface area (Å²) in [4.78, 5) is 22.3. The van der Waals surface area contributed by atoms with Gasteiger partial charge in [-0.15, -0.1) is 10.2 Å². The molecule has 0 aliphatic heterocycles. The number of hydrogen-bond acceptors (Lipinski definition) is 6. The molecule has 130 valence electrons. The molecule has 7 nitrogen and oxygen atoms in total.